The second-order valence-corrected chi connectivity index (χ2v) is 2.56. The van der Waals surface area contributed by atoms with Crippen molar-refractivity contribution in [3.63, 3.8) is 0 Å². The van der Waals surface area contributed by atoms with Crippen LogP contribution in [0.1, 0.15) is 32.6 Å². The van der Waals surface area contributed by atoms with E-state index in [1.165, 1.54) is 12.8 Å². The second-order valence-electron chi connectivity index (χ2n) is 2.56. The third kappa shape index (κ3) is 11.2. The minimum Gasteiger partial charge on any atom is -0.677 e. The molecule has 0 aliphatic rings. The first-order valence-electron chi connectivity index (χ1n) is 4.22. The van der Waals surface area contributed by atoms with E-state index in [1.54, 1.807) is 0 Å². The number of amides is 1. The fourth-order valence-electron chi connectivity index (χ4n) is 0.805. The van der Waals surface area contributed by atoms with Crippen molar-refractivity contribution < 1.29 is 63.0 Å². The predicted molar refractivity (Wildman–Crippen MR) is 46.3 cm³/mol. The van der Waals surface area contributed by atoms with Gasteiger partial charge < -0.3 is 11.1 Å². The van der Waals surface area contributed by atoms with Gasteiger partial charge in [0.25, 0.3) is 0 Å². The van der Waals surface area contributed by atoms with Gasteiger partial charge in [0, 0.05) is 13.0 Å². The summed E-state index contributed by atoms with van der Waals surface area (Å²) in [5.74, 6) is 0.0103. The van der Waals surface area contributed by atoms with Crippen LogP contribution in [0.3, 0.4) is 0 Å². The summed E-state index contributed by atoms with van der Waals surface area (Å²) >= 11 is 0. The normalized spacial score (nSPS) is 8.83. The maximum absolute atomic E-state index is 10.8. The Bertz CT molecular complexity index is 109. The topological polar surface area (TPSA) is 52.9 Å². The molecule has 0 aliphatic carbocycles. The molecular formula is C8H17N2ORb. The molecule has 0 saturated heterocycles. The summed E-state index contributed by atoms with van der Waals surface area (Å²) in [7, 11) is 0. The Morgan fingerprint density at radius 2 is 2.08 bits per heavy atom. The zero-order chi connectivity index (χ0) is 8.53. The second kappa shape index (κ2) is 12.2. The Labute approximate surface area is 124 Å². The number of unbranched alkanes of at least 4 members (excludes halogenated alkanes) is 2. The molecule has 1 amide bonds. The van der Waals surface area contributed by atoms with E-state index in [0.717, 1.165) is 13.0 Å². The van der Waals surface area contributed by atoms with Gasteiger partial charge in [0.05, 0.1) is 0 Å². The Kier molecular flexibility index (Phi) is 16.0. The van der Waals surface area contributed by atoms with Crippen LogP contribution in [0.25, 0.3) is 5.73 Å². The first kappa shape index (κ1) is 15.7. The van der Waals surface area contributed by atoms with Crippen LogP contribution >= 0.6 is 0 Å². The van der Waals surface area contributed by atoms with E-state index in [0.29, 0.717) is 6.42 Å². The van der Waals surface area contributed by atoms with Gasteiger partial charge >= 0.3 is 58.2 Å². The molecule has 0 fully saturated rings. The van der Waals surface area contributed by atoms with Gasteiger partial charge in [-0.1, -0.05) is 19.8 Å². The van der Waals surface area contributed by atoms with Gasteiger partial charge in [-0.05, 0) is 6.42 Å². The Hall–Kier alpha value is 1.24. The van der Waals surface area contributed by atoms with Crippen LogP contribution in [0.2, 0.25) is 0 Å². The third-order valence-corrected chi connectivity index (χ3v) is 1.45. The minimum absolute atomic E-state index is 0. The molecule has 0 aromatic rings. The predicted octanol–water partition coefficient (Wildman–Crippen LogP) is -1.26. The third-order valence-electron chi connectivity index (χ3n) is 1.45. The summed E-state index contributed by atoms with van der Waals surface area (Å²) in [6.45, 7) is 3.10. The van der Waals surface area contributed by atoms with Crippen molar-refractivity contribution in [1.29, 1.82) is 0 Å². The molecule has 0 heterocycles. The smallest absolute Gasteiger partial charge is 0.677 e. The number of nitrogens with one attached hydrogen (secondary N) is 2. The maximum Gasteiger partial charge on any atom is 1.00 e. The minimum atomic E-state index is 0. The summed E-state index contributed by atoms with van der Waals surface area (Å²) in [6.07, 6.45) is 3.74. The molecule has 0 saturated carbocycles. The summed E-state index contributed by atoms with van der Waals surface area (Å²) < 4.78 is 0. The molecule has 66 valence electrons. The van der Waals surface area contributed by atoms with Crippen LogP contribution in [-0.2, 0) is 4.79 Å². The molecule has 0 aromatic carbocycles. The number of hydrogen-bond donors (Lipinski definition) is 1. The van der Waals surface area contributed by atoms with Gasteiger partial charge in [-0.15, -0.1) is 6.54 Å². The molecule has 0 rings (SSSR count). The van der Waals surface area contributed by atoms with Crippen molar-refractivity contribution in [3.8, 4) is 0 Å². The summed E-state index contributed by atoms with van der Waals surface area (Å²) in [5, 5.41) is 2.76. The first-order chi connectivity index (χ1) is 5.31. The Morgan fingerprint density at radius 3 is 2.58 bits per heavy atom. The van der Waals surface area contributed by atoms with Crippen LogP contribution in [0.5, 0.6) is 0 Å². The molecule has 0 atom stereocenters. The van der Waals surface area contributed by atoms with E-state index in [1.807, 2.05) is 0 Å². The first-order valence-corrected chi connectivity index (χ1v) is 4.22. The van der Waals surface area contributed by atoms with Crippen LogP contribution in [-0.4, -0.2) is 19.0 Å². The van der Waals surface area contributed by atoms with Crippen molar-refractivity contribution in [2.75, 3.05) is 13.1 Å². The number of carbonyl (C=O) groups excluding carboxylic acids is 1. The van der Waals surface area contributed by atoms with Crippen molar-refractivity contribution in [3.05, 3.63) is 5.73 Å². The summed E-state index contributed by atoms with van der Waals surface area (Å²) in [6, 6.07) is 0. The fraction of sp³-hybridized carbons (Fsp3) is 0.875. The van der Waals surface area contributed by atoms with E-state index in [2.05, 4.69) is 12.2 Å². The molecule has 4 heteroatoms. The molecule has 0 unspecified atom stereocenters. The summed E-state index contributed by atoms with van der Waals surface area (Å²) in [5.41, 5.74) is 6.79. The summed E-state index contributed by atoms with van der Waals surface area (Å²) in [4.78, 5) is 10.8. The van der Waals surface area contributed by atoms with Gasteiger partial charge in [-0.3, -0.25) is 4.79 Å². The largest absolute Gasteiger partial charge is 1.00 e. The molecule has 0 aliphatic heterocycles. The van der Waals surface area contributed by atoms with Gasteiger partial charge in [0.1, 0.15) is 0 Å². The quantitative estimate of drug-likeness (QED) is 0.581. The number of carbonyl (C=O) groups is 1. The average molecular weight is 243 g/mol. The van der Waals surface area contributed by atoms with Crippen molar-refractivity contribution in [2.45, 2.75) is 32.6 Å². The molecule has 0 bridgehead atoms. The zero-order valence-electron chi connectivity index (χ0n) is 8.15. The van der Waals surface area contributed by atoms with Crippen LogP contribution in [0.15, 0.2) is 0 Å². The number of rotatable bonds is 6. The van der Waals surface area contributed by atoms with E-state index in [-0.39, 0.29) is 70.6 Å². The van der Waals surface area contributed by atoms with E-state index < -0.39 is 0 Å². The number of hydrogen-bond acceptors (Lipinski definition) is 1. The van der Waals surface area contributed by atoms with Crippen LogP contribution in [0.4, 0.5) is 0 Å². The van der Waals surface area contributed by atoms with Gasteiger partial charge in [0.2, 0.25) is 5.91 Å². The Balaban J connectivity index is 0. The SMILES string of the molecule is CCCCCNC(=O)CC[NH-].[Rb+]. The van der Waals surface area contributed by atoms with Crippen LogP contribution in [0, 0.1) is 0 Å². The average Bonchev–Trinajstić information content (AvgIpc) is 1.99. The molecule has 3 nitrogen and oxygen atoms in total. The maximum atomic E-state index is 10.8. The molecular weight excluding hydrogens is 226 g/mol. The van der Waals surface area contributed by atoms with Crippen LogP contribution < -0.4 is 63.5 Å². The van der Waals surface area contributed by atoms with E-state index >= 15 is 0 Å². The zero-order valence-corrected chi connectivity index (χ0v) is 13.1. The monoisotopic (exact) mass is 242 g/mol. The standard InChI is InChI=1S/C8H17N2O.Rb/c1-2-3-4-7-10-8(11)5-6-9;/h9H,2-7H2,1H3,(H,10,11);/q-1;+1. The van der Waals surface area contributed by atoms with E-state index in [9.17, 15) is 4.79 Å². The van der Waals surface area contributed by atoms with E-state index in [4.69, 9.17) is 5.73 Å². The van der Waals surface area contributed by atoms with Gasteiger partial charge in [-0.2, -0.15) is 0 Å². The molecule has 12 heavy (non-hydrogen) atoms. The fourth-order valence-corrected chi connectivity index (χ4v) is 0.805. The molecule has 2 N–H and O–H groups in total. The van der Waals surface area contributed by atoms with Crippen molar-refractivity contribution in [1.82, 2.24) is 5.32 Å². The van der Waals surface area contributed by atoms with Crippen molar-refractivity contribution >= 4 is 5.91 Å². The molecule has 0 radical (unpaired) electrons. The van der Waals surface area contributed by atoms with Crippen molar-refractivity contribution in [2.24, 2.45) is 0 Å². The molecule has 0 aromatic heterocycles. The molecule has 0 spiro atoms. The van der Waals surface area contributed by atoms with Gasteiger partial charge in [0.15, 0.2) is 0 Å². The van der Waals surface area contributed by atoms with Gasteiger partial charge in [-0.25, -0.2) is 0 Å². The Morgan fingerprint density at radius 1 is 1.42 bits per heavy atom.